The third-order valence-electron chi connectivity index (χ3n) is 3.37. The van der Waals surface area contributed by atoms with Crippen molar-refractivity contribution in [1.29, 1.82) is 0 Å². The first-order chi connectivity index (χ1) is 9.19. The number of benzene rings is 1. The van der Waals surface area contributed by atoms with Crippen LogP contribution in [-0.2, 0) is 11.3 Å². The van der Waals surface area contributed by atoms with E-state index in [0.717, 1.165) is 31.5 Å². The molecule has 0 bridgehead atoms. The Labute approximate surface area is 123 Å². The molecule has 1 saturated heterocycles. The number of piperidine rings is 1. The van der Waals surface area contributed by atoms with Crippen molar-refractivity contribution >= 4 is 23.2 Å². The Kier molecular flexibility index (Phi) is 5.89. The van der Waals surface area contributed by atoms with E-state index in [1.54, 1.807) is 6.07 Å². The van der Waals surface area contributed by atoms with Gasteiger partial charge in [0.05, 0.1) is 12.7 Å². The first-order valence-electron chi connectivity index (χ1n) is 6.53. The Morgan fingerprint density at radius 3 is 2.74 bits per heavy atom. The highest BCUT2D eigenvalue weighted by Crippen LogP contribution is 2.21. The normalized spacial score (nSPS) is 17.8. The van der Waals surface area contributed by atoms with Gasteiger partial charge in [0.1, 0.15) is 5.82 Å². The maximum absolute atomic E-state index is 13.2. The van der Waals surface area contributed by atoms with Crippen LogP contribution in [0, 0.1) is 5.82 Å². The SMILES string of the molecule is Fc1ccc(Cl)c(CN2CCC(OCCCl)CC2)c1. The second-order valence-electron chi connectivity index (χ2n) is 4.77. The molecule has 1 aliphatic heterocycles. The average Bonchev–Trinajstić information content (AvgIpc) is 2.42. The number of ether oxygens (including phenoxy) is 1. The zero-order valence-corrected chi connectivity index (χ0v) is 12.3. The summed E-state index contributed by atoms with van der Waals surface area (Å²) >= 11 is 11.7. The molecule has 5 heteroatoms. The molecule has 19 heavy (non-hydrogen) atoms. The fourth-order valence-corrected chi connectivity index (χ4v) is 2.62. The first-order valence-corrected chi connectivity index (χ1v) is 7.44. The zero-order valence-electron chi connectivity index (χ0n) is 10.7. The van der Waals surface area contributed by atoms with E-state index in [4.69, 9.17) is 27.9 Å². The third-order valence-corrected chi connectivity index (χ3v) is 3.89. The van der Waals surface area contributed by atoms with Crippen LogP contribution in [0.1, 0.15) is 18.4 Å². The molecule has 0 unspecified atom stereocenters. The van der Waals surface area contributed by atoms with Crippen molar-refractivity contribution in [3.05, 3.63) is 34.6 Å². The van der Waals surface area contributed by atoms with Crippen LogP contribution in [0.25, 0.3) is 0 Å². The summed E-state index contributed by atoms with van der Waals surface area (Å²) in [4.78, 5) is 2.28. The van der Waals surface area contributed by atoms with E-state index in [2.05, 4.69) is 4.90 Å². The number of nitrogens with zero attached hydrogens (tertiary/aromatic N) is 1. The molecule has 0 spiro atoms. The van der Waals surface area contributed by atoms with Crippen molar-refractivity contribution in [3.8, 4) is 0 Å². The molecule has 0 atom stereocenters. The second-order valence-corrected chi connectivity index (χ2v) is 5.56. The van der Waals surface area contributed by atoms with Gasteiger partial charge in [-0.05, 0) is 36.6 Å². The Hall–Kier alpha value is -0.350. The van der Waals surface area contributed by atoms with E-state index in [9.17, 15) is 4.39 Å². The standard InChI is InChI=1S/C14H18Cl2FNO/c15-5-8-19-13-3-6-18(7-4-13)10-11-9-12(17)1-2-14(11)16/h1-2,9,13H,3-8,10H2. The van der Waals surface area contributed by atoms with E-state index in [0.29, 0.717) is 30.2 Å². The van der Waals surface area contributed by atoms with Crippen molar-refractivity contribution in [2.45, 2.75) is 25.5 Å². The van der Waals surface area contributed by atoms with Gasteiger partial charge in [-0.1, -0.05) is 11.6 Å². The summed E-state index contributed by atoms with van der Waals surface area (Å²) in [6.07, 6.45) is 2.28. The minimum absolute atomic E-state index is 0.236. The van der Waals surface area contributed by atoms with Gasteiger partial charge in [0.2, 0.25) is 0 Å². The minimum atomic E-state index is -0.236. The maximum atomic E-state index is 13.2. The molecule has 106 valence electrons. The van der Waals surface area contributed by atoms with Gasteiger partial charge >= 0.3 is 0 Å². The Morgan fingerprint density at radius 2 is 2.05 bits per heavy atom. The van der Waals surface area contributed by atoms with Crippen molar-refractivity contribution in [1.82, 2.24) is 4.90 Å². The zero-order chi connectivity index (χ0) is 13.7. The molecule has 0 radical (unpaired) electrons. The minimum Gasteiger partial charge on any atom is -0.377 e. The van der Waals surface area contributed by atoms with Crippen LogP contribution >= 0.6 is 23.2 Å². The van der Waals surface area contributed by atoms with E-state index in [1.807, 2.05) is 0 Å². The number of hydrogen-bond acceptors (Lipinski definition) is 2. The number of likely N-dealkylation sites (tertiary alicyclic amines) is 1. The molecule has 1 aromatic carbocycles. The fourth-order valence-electron chi connectivity index (χ4n) is 2.35. The third kappa shape index (κ3) is 4.60. The Balaban J connectivity index is 1.83. The quantitative estimate of drug-likeness (QED) is 0.769. The number of hydrogen-bond donors (Lipinski definition) is 0. The van der Waals surface area contributed by atoms with Gasteiger partial charge in [0.25, 0.3) is 0 Å². The van der Waals surface area contributed by atoms with E-state index < -0.39 is 0 Å². The van der Waals surface area contributed by atoms with Gasteiger partial charge in [-0.15, -0.1) is 11.6 Å². The van der Waals surface area contributed by atoms with Gasteiger partial charge in [0.15, 0.2) is 0 Å². The van der Waals surface area contributed by atoms with Gasteiger partial charge < -0.3 is 4.74 Å². The number of rotatable bonds is 5. The monoisotopic (exact) mass is 305 g/mol. The van der Waals surface area contributed by atoms with Crippen LogP contribution in [0.4, 0.5) is 4.39 Å². The summed E-state index contributed by atoms with van der Waals surface area (Å²) in [5, 5.41) is 0.627. The van der Waals surface area contributed by atoms with Crippen LogP contribution in [0.3, 0.4) is 0 Å². The maximum Gasteiger partial charge on any atom is 0.123 e. The summed E-state index contributed by atoms with van der Waals surface area (Å²) in [7, 11) is 0. The van der Waals surface area contributed by atoms with Crippen LogP contribution < -0.4 is 0 Å². The predicted molar refractivity (Wildman–Crippen MR) is 76.4 cm³/mol. The molecule has 0 aliphatic carbocycles. The smallest absolute Gasteiger partial charge is 0.123 e. The molecule has 0 aromatic heterocycles. The summed E-state index contributed by atoms with van der Waals surface area (Å²) < 4.78 is 18.8. The van der Waals surface area contributed by atoms with Crippen LogP contribution in [0.15, 0.2) is 18.2 Å². The lowest BCUT2D eigenvalue weighted by atomic mass is 10.1. The van der Waals surface area contributed by atoms with E-state index >= 15 is 0 Å². The molecule has 0 N–H and O–H groups in total. The lowest BCUT2D eigenvalue weighted by Crippen LogP contribution is -2.36. The second kappa shape index (κ2) is 7.44. The molecule has 0 saturated carbocycles. The summed E-state index contributed by atoms with van der Waals surface area (Å²) in [5.74, 6) is 0.304. The highest BCUT2D eigenvalue weighted by molar-refractivity contribution is 6.31. The average molecular weight is 306 g/mol. The Morgan fingerprint density at radius 1 is 1.32 bits per heavy atom. The van der Waals surface area contributed by atoms with Crippen molar-refractivity contribution in [2.75, 3.05) is 25.6 Å². The molecule has 2 nitrogen and oxygen atoms in total. The summed E-state index contributed by atoms with van der Waals surface area (Å²) in [6.45, 7) is 3.19. The highest BCUT2D eigenvalue weighted by atomic mass is 35.5. The molecule has 1 heterocycles. The molecular weight excluding hydrogens is 288 g/mol. The van der Waals surface area contributed by atoms with E-state index in [-0.39, 0.29) is 5.82 Å². The van der Waals surface area contributed by atoms with E-state index in [1.165, 1.54) is 12.1 Å². The van der Waals surface area contributed by atoms with Crippen molar-refractivity contribution in [2.24, 2.45) is 0 Å². The molecule has 0 amide bonds. The first kappa shape index (κ1) is 15.0. The van der Waals surface area contributed by atoms with Gasteiger partial charge in [-0.25, -0.2) is 4.39 Å². The number of halogens is 3. The van der Waals surface area contributed by atoms with Crippen LogP contribution in [0.2, 0.25) is 5.02 Å². The molecule has 1 fully saturated rings. The molecule has 1 aliphatic rings. The summed E-state index contributed by atoms with van der Waals surface area (Å²) in [5.41, 5.74) is 0.849. The highest BCUT2D eigenvalue weighted by Gasteiger charge is 2.20. The van der Waals surface area contributed by atoms with Gasteiger partial charge in [-0.2, -0.15) is 0 Å². The summed E-state index contributed by atoms with van der Waals surface area (Å²) in [6, 6.07) is 4.51. The van der Waals surface area contributed by atoms with Gasteiger partial charge in [-0.3, -0.25) is 4.90 Å². The predicted octanol–water partition coefficient (Wildman–Crippen LogP) is 3.70. The number of alkyl halides is 1. The Bertz CT molecular complexity index is 408. The molecule has 2 rings (SSSR count). The largest absolute Gasteiger partial charge is 0.377 e. The lowest BCUT2D eigenvalue weighted by molar-refractivity contribution is 0.0134. The van der Waals surface area contributed by atoms with Gasteiger partial charge in [0, 0.05) is 30.5 Å². The molecule has 1 aromatic rings. The van der Waals surface area contributed by atoms with Crippen molar-refractivity contribution < 1.29 is 9.13 Å². The lowest BCUT2D eigenvalue weighted by Gasteiger charge is -2.32. The molecular formula is C14H18Cl2FNO. The van der Waals surface area contributed by atoms with Crippen LogP contribution in [0.5, 0.6) is 0 Å². The van der Waals surface area contributed by atoms with Crippen LogP contribution in [-0.4, -0.2) is 36.6 Å². The fraction of sp³-hybridized carbons (Fsp3) is 0.571. The topological polar surface area (TPSA) is 12.5 Å². The van der Waals surface area contributed by atoms with Crippen molar-refractivity contribution in [3.63, 3.8) is 0 Å².